The van der Waals surface area contributed by atoms with Crippen LogP contribution in [-0.2, 0) is 9.53 Å². The van der Waals surface area contributed by atoms with Crippen LogP contribution < -0.4 is 10.6 Å². The lowest BCUT2D eigenvalue weighted by Gasteiger charge is -2.41. The number of halogens is 2. The fourth-order valence-corrected chi connectivity index (χ4v) is 4.75. The molecule has 1 saturated carbocycles. The van der Waals surface area contributed by atoms with E-state index in [2.05, 4.69) is 15.5 Å². The Balaban J connectivity index is 0.00000210. The molecule has 2 saturated heterocycles. The molecule has 1 aliphatic carbocycles. The minimum absolute atomic E-state index is 0. The van der Waals surface area contributed by atoms with Gasteiger partial charge in [-0.05, 0) is 64.0 Å². The van der Waals surface area contributed by atoms with Gasteiger partial charge in [0.1, 0.15) is 0 Å². The van der Waals surface area contributed by atoms with Crippen LogP contribution in [0.4, 0.5) is 4.79 Å². The van der Waals surface area contributed by atoms with Crippen LogP contribution in [0.1, 0.15) is 51.4 Å². The summed E-state index contributed by atoms with van der Waals surface area (Å²) in [6.45, 7) is 5.91. The monoisotopic (exact) mass is 452 g/mol. The van der Waals surface area contributed by atoms with Gasteiger partial charge in [0.2, 0.25) is 0 Å². The molecule has 29 heavy (non-hydrogen) atoms. The highest BCUT2D eigenvalue weighted by Crippen LogP contribution is 2.28. The van der Waals surface area contributed by atoms with Gasteiger partial charge in [0.05, 0.1) is 7.11 Å². The predicted octanol–water partition coefficient (Wildman–Crippen LogP) is 2.42. The third-order valence-corrected chi connectivity index (χ3v) is 6.59. The molecule has 0 radical (unpaired) electrons. The number of methoxy groups -OCH3 is 1. The van der Waals surface area contributed by atoms with Gasteiger partial charge >= 0.3 is 12.0 Å². The number of rotatable bonds is 5. The highest BCUT2D eigenvalue weighted by atomic mass is 35.5. The second-order valence-corrected chi connectivity index (χ2v) is 8.29. The molecule has 170 valence electrons. The smallest absolute Gasteiger partial charge is 0.317 e. The van der Waals surface area contributed by atoms with Crippen LogP contribution >= 0.6 is 24.8 Å². The zero-order chi connectivity index (χ0) is 19.1. The first-order valence-corrected chi connectivity index (χ1v) is 10.7. The van der Waals surface area contributed by atoms with E-state index in [1.807, 2.05) is 4.90 Å². The second-order valence-electron chi connectivity index (χ2n) is 8.29. The lowest BCUT2D eigenvalue weighted by atomic mass is 9.83. The number of ether oxygens (including phenoxy) is 1. The number of piperidine rings is 1. The number of nitrogens with zero attached hydrogens (tertiary/aromatic N) is 2. The normalized spacial score (nSPS) is 26.0. The molecular weight excluding hydrogens is 415 g/mol. The highest BCUT2D eigenvalue weighted by Gasteiger charge is 2.29. The van der Waals surface area contributed by atoms with Crippen molar-refractivity contribution in [2.24, 2.45) is 5.92 Å². The highest BCUT2D eigenvalue weighted by molar-refractivity contribution is 5.85. The first-order valence-electron chi connectivity index (χ1n) is 10.7. The van der Waals surface area contributed by atoms with Gasteiger partial charge in [-0.3, -0.25) is 9.69 Å². The fourth-order valence-electron chi connectivity index (χ4n) is 4.75. The van der Waals surface area contributed by atoms with Crippen molar-refractivity contribution in [1.82, 2.24) is 20.4 Å². The van der Waals surface area contributed by atoms with E-state index in [0.29, 0.717) is 18.4 Å². The summed E-state index contributed by atoms with van der Waals surface area (Å²) < 4.78 is 4.72. The first-order chi connectivity index (χ1) is 13.2. The maximum absolute atomic E-state index is 12.6. The fraction of sp³-hybridized carbons (Fsp3) is 0.900. The summed E-state index contributed by atoms with van der Waals surface area (Å²) in [4.78, 5) is 28.4. The number of hydrogen-bond donors (Lipinski definition) is 2. The molecule has 2 N–H and O–H groups in total. The quantitative estimate of drug-likeness (QED) is 0.626. The van der Waals surface area contributed by atoms with Crippen LogP contribution in [0.5, 0.6) is 0 Å². The molecule has 0 aromatic rings. The van der Waals surface area contributed by atoms with Crippen molar-refractivity contribution in [3.63, 3.8) is 0 Å². The topological polar surface area (TPSA) is 73.9 Å². The Kier molecular flexibility index (Phi) is 12.3. The van der Waals surface area contributed by atoms with E-state index in [1.165, 1.54) is 20.0 Å². The standard InChI is InChI=1S/C20H36N4O3.2ClH/c1-27-19(25)7-4-16-2-5-17(6-3-16)22-20(26)24-14-12-23(13-15-24)18-8-10-21-11-9-18;;/h16-18,21H,2-15H2,1H3,(H,22,26);2*1H/t16-,17-;;. The molecule has 7 nitrogen and oxygen atoms in total. The Bertz CT molecular complexity index is 490. The molecule has 0 bridgehead atoms. The molecule has 0 unspecified atom stereocenters. The largest absolute Gasteiger partial charge is 0.469 e. The maximum atomic E-state index is 12.6. The zero-order valence-electron chi connectivity index (χ0n) is 17.6. The van der Waals surface area contributed by atoms with Crippen LogP contribution in [0.2, 0.25) is 0 Å². The molecule has 0 aromatic carbocycles. The van der Waals surface area contributed by atoms with E-state index in [9.17, 15) is 9.59 Å². The van der Waals surface area contributed by atoms with Gasteiger partial charge in [0.15, 0.2) is 0 Å². The van der Waals surface area contributed by atoms with E-state index in [4.69, 9.17) is 4.74 Å². The molecule has 2 aliphatic heterocycles. The third kappa shape index (κ3) is 8.12. The van der Waals surface area contributed by atoms with Gasteiger partial charge in [-0.1, -0.05) is 0 Å². The van der Waals surface area contributed by atoms with Crippen LogP contribution in [0.3, 0.4) is 0 Å². The number of carbonyl (C=O) groups is 2. The number of hydrogen-bond acceptors (Lipinski definition) is 5. The van der Waals surface area contributed by atoms with Crippen LogP contribution in [0, 0.1) is 5.92 Å². The zero-order valence-corrected chi connectivity index (χ0v) is 19.2. The van der Waals surface area contributed by atoms with E-state index in [0.717, 1.165) is 71.4 Å². The summed E-state index contributed by atoms with van der Waals surface area (Å²) in [6.07, 6.45) is 8.10. The SMILES string of the molecule is COC(=O)CC[C@H]1CC[C@H](NC(=O)N2CCN(C3CCNCC3)CC2)CC1.Cl.Cl. The molecule has 3 rings (SSSR count). The van der Waals surface area contributed by atoms with Crippen molar-refractivity contribution < 1.29 is 14.3 Å². The van der Waals surface area contributed by atoms with E-state index in [-0.39, 0.29) is 42.9 Å². The molecule has 0 spiro atoms. The van der Waals surface area contributed by atoms with Gasteiger partial charge in [-0.2, -0.15) is 0 Å². The number of piperazine rings is 1. The van der Waals surface area contributed by atoms with Gasteiger partial charge in [-0.25, -0.2) is 4.79 Å². The summed E-state index contributed by atoms with van der Waals surface area (Å²) in [5, 5.41) is 6.67. The molecule has 2 amide bonds. The number of esters is 1. The van der Waals surface area contributed by atoms with Gasteiger partial charge in [-0.15, -0.1) is 24.8 Å². The Morgan fingerprint density at radius 3 is 2.17 bits per heavy atom. The van der Waals surface area contributed by atoms with Gasteiger partial charge < -0.3 is 20.3 Å². The summed E-state index contributed by atoms with van der Waals surface area (Å²) in [7, 11) is 1.45. The molecule has 3 fully saturated rings. The number of amides is 2. The molecular formula is C20H38Cl2N4O3. The van der Waals surface area contributed by atoms with Gasteiger partial charge in [0, 0.05) is 44.7 Å². The van der Waals surface area contributed by atoms with Crippen molar-refractivity contribution in [3.8, 4) is 0 Å². The van der Waals surface area contributed by atoms with E-state index in [1.54, 1.807) is 0 Å². The average molecular weight is 453 g/mol. The Morgan fingerprint density at radius 2 is 1.59 bits per heavy atom. The van der Waals surface area contributed by atoms with Crippen molar-refractivity contribution in [3.05, 3.63) is 0 Å². The Morgan fingerprint density at radius 1 is 0.966 bits per heavy atom. The summed E-state index contributed by atoms with van der Waals surface area (Å²) in [5.74, 6) is 0.472. The van der Waals surface area contributed by atoms with E-state index < -0.39 is 0 Å². The van der Waals surface area contributed by atoms with Crippen LogP contribution in [0.25, 0.3) is 0 Å². The number of urea groups is 1. The van der Waals surface area contributed by atoms with Crippen molar-refractivity contribution >= 4 is 36.8 Å². The summed E-state index contributed by atoms with van der Waals surface area (Å²) >= 11 is 0. The minimum Gasteiger partial charge on any atom is -0.469 e. The summed E-state index contributed by atoms with van der Waals surface area (Å²) in [5.41, 5.74) is 0. The van der Waals surface area contributed by atoms with E-state index >= 15 is 0 Å². The lowest BCUT2D eigenvalue weighted by molar-refractivity contribution is -0.141. The molecule has 3 aliphatic rings. The van der Waals surface area contributed by atoms with Crippen molar-refractivity contribution in [2.75, 3.05) is 46.4 Å². The maximum Gasteiger partial charge on any atom is 0.317 e. The summed E-state index contributed by atoms with van der Waals surface area (Å²) in [6, 6.07) is 1.09. The first kappa shape index (κ1) is 26.3. The number of carbonyl (C=O) groups excluding carboxylic acids is 2. The Hall–Kier alpha value is -0.760. The van der Waals surface area contributed by atoms with Crippen molar-refractivity contribution in [2.45, 2.75) is 63.5 Å². The number of nitrogens with one attached hydrogen (secondary N) is 2. The minimum atomic E-state index is -0.117. The Labute approximate surface area is 187 Å². The third-order valence-electron chi connectivity index (χ3n) is 6.59. The molecule has 9 heteroatoms. The molecule has 0 aromatic heterocycles. The average Bonchev–Trinajstić information content (AvgIpc) is 2.73. The lowest BCUT2D eigenvalue weighted by Crippen LogP contribution is -2.56. The predicted molar refractivity (Wildman–Crippen MR) is 119 cm³/mol. The van der Waals surface area contributed by atoms with Crippen molar-refractivity contribution in [1.29, 1.82) is 0 Å². The van der Waals surface area contributed by atoms with Crippen LogP contribution in [-0.4, -0.2) is 80.3 Å². The molecule has 0 atom stereocenters. The molecule has 2 heterocycles. The van der Waals surface area contributed by atoms with Crippen LogP contribution in [0.15, 0.2) is 0 Å². The second kappa shape index (κ2) is 13.5. The van der Waals surface area contributed by atoms with Gasteiger partial charge in [0.25, 0.3) is 0 Å².